The number of amides is 1. The van der Waals surface area contributed by atoms with Gasteiger partial charge in [-0.1, -0.05) is 72.8 Å². The first-order valence-electron chi connectivity index (χ1n) is 15.2. The summed E-state index contributed by atoms with van der Waals surface area (Å²) in [4.78, 5) is 15.0. The number of carbonyl (C=O) groups excluding carboxylic acids is 1. The highest BCUT2D eigenvalue weighted by Crippen LogP contribution is 2.48. The first-order chi connectivity index (χ1) is 22.2. The maximum Gasteiger partial charge on any atom is 0.233 e. The number of aromatic hydroxyl groups is 1. The van der Waals surface area contributed by atoms with Gasteiger partial charge >= 0.3 is 0 Å². The van der Waals surface area contributed by atoms with Crippen molar-refractivity contribution >= 4 is 11.6 Å². The van der Waals surface area contributed by atoms with Crippen LogP contribution in [0.5, 0.6) is 5.75 Å². The van der Waals surface area contributed by atoms with E-state index in [-0.39, 0.29) is 11.7 Å². The van der Waals surface area contributed by atoms with Gasteiger partial charge in [0.2, 0.25) is 5.91 Å². The molecule has 46 heavy (non-hydrogen) atoms. The van der Waals surface area contributed by atoms with Crippen LogP contribution in [0.2, 0.25) is 0 Å². The summed E-state index contributed by atoms with van der Waals surface area (Å²) in [6.07, 6.45) is -6.40. The Morgan fingerprint density at radius 3 is 2.22 bits per heavy atom. The largest absolute Gasteiger partial charge is 0.507 e. The van der Waals surface area contributed by atoms with Gasteiger partial charge in [0, 0.05) is 11.3 Å². The van der Waals surface area contributed by atoms with Crippen LogP contribution in [-0.4, -0.2) is 67.6 Å². The zero-order valence-corrected chi connectivity index (χ0v) is 24.8. The minimum Gasteiger partial charge on any atom is -0.507 e. The number of rotatable bonds is 9. The maximum absolute atomic E-state index is 14.2. The monoisotopic (exact) mass is 629 g/mol. The van der Waals surface area contributed by atoms with Gasteiger partial charge in [-0.15, -0.1) is 0 Å². The molecule has 0 unspecified atom stereocenters. The molecule has 2 heterocycles. The van der Waals surface area contributed by atoms with Crippen molar-refractivity contribution < 1.29 is 44.6 Å². The smallest absolute Gasteiger partial charge is 0.233 e. The SMILES string of the molecule is O=C1[C@H](CC[C@H](O)c2ccccc2)[C@@H](c2ccc(-c3ccc([C@@H]4O[C@H](CO)[C@@H](O)[C@H](O)[C@H]4O)cc3)c(O)c2)N1c1cccc(F)c1. The number of ether oxygens (including phenoxy) is 1. The van der Waals surface area contributed by atoms with Crippen LogP contribution in [0.3, 0.4) is 0 Å². The molecule has 4 aromatic carbocycles. The van der Waals surface area contributed by atoms with Crippen LogP contribution in [0.15, 0.2) is 97.1 Å². The van der Waals surface area contributed by atoms with Crippen LogP contribution in [0.25, 0.3) is 11.1 Å². The molecule has 4 aromatic rings. The lowest BCUT2D eigenvalue weighted by Gasteiger charge is -2.48. The summed E-state index contributed by atoms with van der Waals surface area (Å²) in [5.41, 5.74) is 3.47. The molecule has 6 rings (SSSR count). The number of aliphatic hydroxyl groups excluding tert-OH is 5. The number of phenolic OH excluding ortho intramolecular Hbond substituents is 1. The molecule has 240 valence electrons. The highest BCUT2D eigenvalue weighted by molar-refractivity contribution is 6.03. The normalized spacial score (nSPS) is 26.9. The predicted octanol–water partition coefficient (Wildman–Crippen LogP) is 3.93. The molecule has 10 heteroatoms. The van der Waals surface area contributed by atoms with Crippen molar-refractivity contribution in [3.8, 4) is 16.9 Å². The zero-order valence-electron chi connectivity index (χ0n) is 24.8. The second kappa shape index (κ2) is 13.3. The summed E-state index contributed by atoms with van der Waals surface area (Å²) in [6.45, 7) is -0.530. The lowest BCUT2D eigenvalue weighted by molar-refractivity contribution is -0.231. The van der Waals surface area contributed by atoms with E-state index in [2.05, 4.69) is 0 Å². The summed E-state index contributed by atoms with van der Waals surface area (Å²) in [7, 11) is 0. The molecule has 0 radical (unpaired) electrons. The first kappa shape index (κ1) is 31.8. The molecule has 2 fully saturated rings. The van der Waals surface area contributed by atoms with E-state index >= 15 is 0 Å². The van der Waals surface area contributed by atoms with E-state index in [1.807, 2.05) is 36.4 Å². The molecule has 8 atom stereocenters. The molecule has 0 aromatic heterocycles. The number of benzene rings is 4. The van der Waals surface area contributed by atoms with E-state index in [0.717, 1.165) is 5.56 Å². The van der Waals surface area contributed by atoms with Crippen LogP contribution < -0.4 is 4.90 Å². The molecule has 0 saturated carbocycles. The molecule has 0 bridgehead atoms. The van der Waals surface area contributed by atoms with Gasteiger partial charge in [0.05, 0.1) is 24.7 Å². The van der Waals surface area contributed by atoms with Gasteiger partial charge < -0.3 is 40.3 Å². The third-order valence-electron chi connectivity index (χ3n) is 9.04. The molecule has 9 nitrogen and oxygen atoms in total. The van der Waals surface area contributed by atoms with Crippen molar-refractivity contribution in [2.45, 2.75) is 55.5 Å². The van der Waals surface area contributed by atoms with Crippen LogP contribution in [0.1, 0.15) is 47.8 Å². The first-order valence-corrected chi connectivity index (χ1v) is 15.2. The maximum atomic E-state index is 14.2. The van der Waals surface area contributed by atoms with Crippen molar-refractivity contribution in [1.29, 1.82) is 0 Å². The Morgan fingerprint density at radius 1 is 0.826 bits per heavy atom. The molecular formula is C36H36FNO8. The van der Waals surface area contributed by atoms with Crippen molar-refractivity contribution in [3.63, 3.8) is 0 Å². The van der Waals surface area contributed by atoms with E-state index in [1.165, 1.54) is 23.1 Å². The minimum absolute atomic E-state index is 0.0419. The van der Waals surface area contributed by atoms with Crippen LogP contribution in [0.4, 0.5) is 10.1 Å². The molecule has 2 aliphatic heterocycles. The van der Waals surface area contributed by atoms with Crippen molar-refractivity contribution in [3.05, 3.63) is 120 Å². The third-order valence-corrected chi connectivity index (χ3v) is 9.04. The van der Waals surface area contributed by atoms with E-state index in [4.69, 9.17) is 4.74 Å². The highest BCUT2D eigenvalue weighted by Gasteiger charge is 2.49. The lowest BCUT2D eigenvalue weighted by Crippen LogP contribution is -2.55. The van der Waals surface area contributed by atoms with Gasteiger partial charge in [0.1, 0.15) is 42.1 Å². The number of aliphatic hydroxyl groups is 5. The van der Waals surface area contributed by atoms with Crippen molar-refractivity contribution in [2.24, 2.45) is 5.92 Å². The van der Waals surface area contributed by atoms with Gasteiger partial charge in [-0.2, -0.15) is 0 Å². The third kappa shape index (κ3) is 6.03. The fourth-order valence-electron chi connectivity index (χ4n) is 6.51. The highest BCUT2D eigenvalue weighted by atomic mass is 19.1. The summed E-state index contributed by atoms with van der Waals surface area (Å²) in [5.74, 6) is -1.20. The minimum atomic E-state index is -1.50. The zero-order chi connectivity index (χ0) is 32.5. The number of halogens is 1. The molecule has 1 amide bonds. The summed E-state index contributed by atoms with van der Waals surface area (Å²) < 4.78 is 19.8. The van der Waals surface area contributed by atoms with Crippen LogP contribution in [0, 0.1) is 11.7 Å². The van der Waals surface area contributed by atoms with Gasteiger partial charge in [0.15, 0.2) is 0 Å². The fraction of sp³-hybridized carbons (Fsp3) is 0.306. The number of anilines is 1. The van der Waals surface area contributed by atoms with E-state index in [0.29, 0.717) is 40.8 Å². The van der Waals surface area contributed by atoms with Crippen molar-refractivity contribution in [1.82, 2.24) is 0 Å². The average Bonchev–Trinajstić information content (AvgIpc) is 3.06. The molecule has 2 saturated heterocycles. The topological polar surface area (TPSA) is 151 Å². The average molecular weight is 630 g/mol. The standard InChI is InChI=1S/C36H36FNO8/c37-24-7-4-8-25(18-24)38-31(27(36(38)45)15-16-28(40)21-5-2-1-3-6-21)23-13-14-26(29(41)17-23)20-9-11-22(12-10-20)35-34(44)33(43)32(42)30(19-39)46-35/h1-14,17-18,27-28,30-35,39-44H,15-16,19H2/t27-,28+,30-,31-,32-,33+,34-,35+/m1/s1. The Kier molecular flexibility index (Phi) is 9.19. The van der Waals surface area contributed by atoms with Gasteiger partial charge in [0.25, 0.3) is 0 Å². The molecule has 6 N–H and O–H groups in total. The van der Waals surface area contributed by atoms with E-state index in [9.17, 15) is 39.8 Å². The van der Waals surface area contributed by atoms with E-state index < -0.39 is 61.0 Å². The predicted molar refractivity (Wildman–Crippen MR) is 167 cm³/mol. The second-order valence-electron chi connectivity index (χ2n) is 11.9. The number of hydrogen-bond acceptors (Lipinski definition) is 8. The Morgan fingerprint density at radius 2 is 1.54 bits per heavy atom. The summed E-state index contributed by atoms with van der Waals surface area (Å²) >= 11 is 0. The Hall–Kier alpha value is -4.16. The van der Waals surface area contributed by atoms with Gasteiger partial charge in [-0.05, 0) is 59.4 Å². The Balaban J connectivity index is 1.24. The Bertz CT molecular complexity index is 1670. The van der Waals surface area contributed by atoms with E-state index in [1.54, 1.807) is 42.5 Å². The summed E-state index contributed by atoms with van der Waals surface area (Å²) in [6, 6.07) is 26.4. The quantitative estimate of drug-likeness (QED) is 0.153. The molecular weight excluding hydrogens is 593 g/mol. The van der Waals surface area contributed by atoms with Gasteiger partial charge in [-0.25, -0.2) is 4.39 Å². The molecule has 0 spiro atoms. The van der Waals surface area contributed by atoms with Gasteiger partial charge in [-0.3, -0.25) is 4.79 Å². The lowest BCUT2D eigenvalue weighted by atomic mass is 9.78. The molecule has 0 aliphatic carbocycles. The Labute approximate surface area is 265 Å². The number of hydrogen-bond donors (Lipinski definition) is 6. The summed E-state index contributed by atoms with van der Waals surface area (Å²) in [5, 5.41) is 62.2. The second-order valence-corrected chi connectivity index (χ2v) is 11.9. The van der Waals surface area contributed by atoms with Crippen LogP contribution >= 0.6 is 0 Å². The number of phenols is 1. The number of β-lactam (4-membered cyclic amide) rings is 1. The van der Waals surface area contributed by atoms with Crippen LogP contribution in [-0.2, 0) is 9.53 Å². The van der Waals surface area contributed by atoms with Crippen molar-refractivity contribution in [2.75, 3.05) is 11.5 Å². The number of nitrogens with zero attached hydrogens (tertiary/aromatic N) is 1. The number of carbonyl (C=O) groups is 1. The fourth-order valence-corrected chi connectivity index (χ4v) is 6.51. The molecule has 2 aliphatic rings.